The molecule has 0 saturated heterocycles. The zero-order chi connectivity index (χ0) is 19.1. The summed E-state index contributed by atoms with van der Waals surface area (Å²) >= 11 is 1.27. The van der Waals surface area contributed by atoms with Gasteiger partial charge in [-0.15, -0.1) is 0 Å². The Morgan fingerprint density at radius 3 is 2.89 bits per heavy atom. The first-order chi connectivity index (χ1) is 13.7. The van der Waals surface area contributed by atoms with Gasteiger partial charge >= 0.3 is 5.84 Å². The number of thiocyanates is 1. The number of benzene rings is 2. The molecule has 28 heavy (non-hydrogen) atoms. The van der Waals surface area contributed by atoms with E-state index in [0.717, 1.165) is 29.2 Å². The van der Waals surface area contributed by atoms with Gasteiger partial charge in [0.05, 0.1) is 0 Å². The number of hydrogen-bond acceptors (Lipinski definition) is 5. The first kappa shape index (κ1) is 16.9. The molecule has 2 aromatic heterocycles. The fourth-order valence-electron chi connectivity index (χ4n) is 3.65. The van der Waals surface area contributed by atoms with Gasteiger partial charge in [-0.05, 0) is 41.4 Å². The minimum absolute atomic E-state index is 0.0836. The van der Waals surface area contributed by atoms with Crippen LogP contribution in [0.15, 0.2) is 59.3 Å². The van der Waals surface area contributed by atoms with Crippen molar-refractivity contribution in [3.05, 3.63) is 60.6 Å². The Morgan fingerprint density at radius 1 is 1.25 bits per heavy atom. The molecule has 0 spiro atoms. The van der Waals surface area contributed by atoms with E-state index in [1.54, 1.807) is 10.6 Å². The highest BCUT2D eigenvalue weighted by Crippen LogP contribution is 2.32. The van der Waals surface area contributed by atoms with Crippen LogP contribution >= 0.6 is 11.8 Å². The van der Waals surface area contributed by atoms with Crippen molar-refractivity contribution in [3.8, 4) is 16.7 Å². The van der Waals surface area contributed by atoms with Crippen molar-refractivity contribution in [1.29, 1.82) is 5.26 Å². The maximum Gasteiger partial charge on any atom is 0.306 e. The lowest BCUT2D eigenvalue weighted by Crippen LogP contribution is -2.45. The summed E-state index contributed by atoms with van der Waals surface area (Å²) in [5.74, 6) is 0.210. The van der Waals surface area contributed by atoms with Crippen molar-refractivity contribution in [2.75, 3.05) is 0 Å². The minimum atomic E-state index is -0.178. The van der Waals surface area contributed by atoms with Crippen molar-refractivity contribution in [2.45, 2.75) is 24.1 Å². The highest BCUT2D eigenvalue weighted by molar-refractivity contribution is 8.04. The summed E-state index contributed by atoms with van der Waals surface area (Å²) in [6, 6.07) is 14.2. The maximum absolute atomic E-state index is 13.1. The van der Waals surface area contributed by atoms with Crippen molar-refractivity contribution >= 4 is 34.3 Å². The number of carbonyl (C=O) groups excluding carboxylic acids is 1. The molecule has 1 saturated carbocycles. The number of aromatic nitrogens is 2. The van der Waals surface area contributed by atoms with E-state index >= 15 is 0 Å². The maximum atomic E-state index is 13.1. The van der Waals surface area contributed by atoms with E-state index in [2.05, 4.69) is 21.8 Å². The molecule has 7 heteroatoms. The fraction of sp³-hybridized carbons (Fsp3) is 0.190. The molecule has 1 fully saturated rings. The van der Waals surface area contributed by atoms with Gasteiger partial charge < -0.3 is 9.73 Å². The number of hydrogen-bond donors (Lipinski definition) is 1. The summed E-state index contributed by atoms with van der Waals surface area (Å²) in [6.07, 6.45) is 4.84. The lowest BCUT2D eigenvalue weighted by Gasteiger charge is -2.33. The van der Waals surface area contributed by atoms with Gasteiger partial charge in [-0.2, -0.15) is 10.2 Å². The van der Waals surface area contributed by atoms with Crippen molar-refractivity contribution < 1.29 is 9.21 Å². The van der Waals surface area contributed by atoms with Gasteiger partial charge in [0, 0.05) is 23.1 Å². The summed E-state index contributed by atoms with van der Waals surface area (Å²) in [5, 5.41) is 16.5. The number of carbonyl (C=O) groups is 1. The topological polar surface area (TPSA) is 83.3 Å². The molecule has 1 aliphatic rings. The fourth-order valence-corrected chi connectivity index (χ4v) is 4.45. The number of nitrogens with one attached hydrogen (secondary N) is 1. The third-order valence-corrected chi connectivity index (χ3v) is 5.97. The standard InChI is InChI=1S/C21H16N4O2S/c22-12-28-17-10-16(11-17)23-20(26)19-18(24-21-25(19)7-8-27-21)15-6-5-13-3-1-2-4-14(13)9-15/h1-9,16-17H,10-11H2,(H,23,26)/t16-,17-. The van der Waals surface area contributed by atoms with Crippen LogP contribution in [0.2, 0.25) is 0 Å². The number of thioether (sulfide) groups is 1. The molecule has 2 heterocycles. The molecule has 4 aromatic rings. The molecule has 0 aliphatic heterocycles. The predicted octanol–water partition coefficient (Wildman–Crippen LogP) is 4.22. The lowest BCUT2D eigenvalue weighted by molar-refractivity contribution is 0.0914. The Balaban J connectivity index is 1.50. The zero-order valence-corrected chi connectivity index (χ0v) is 15.6. The Labute approximate surface area is 165 Å². The average molecular weight is 388 g/mol. The summed E-state index contributed by atoms with van der Waals surface area (Å²) in [4.78, 5) is 17.6. The third-order valence-electron chi connectivity index (χ3n) is 5.15. The van der Waals surface area contributed by atoms with Gasteiger partial charge in [0.15, 0.2) is 0 Å². The van der Waals surface area contributed by atoms with Crippen LogP contribution in [0.25, 0.3) is 27.9 Å². The molecule has 5 rings (SSSR count). The van der Waals surface area contributed by atoms with Crippen LogP contribution in [0.4, 0.5) is 0 Å². The second-order valence-electron chi connectivity index (χ2n) is 6.90. The third kappa shape index (κ3) is 2.83. The monoisotopic (exact) mass is 388 g/mol. The summed E-state index contributed by atoms with van der Waals surface area (Å²) in [5.41, 5.74) is 1.94. The molecule has 0 atom stereocenters. The highest BCUT2D eigenvalue weighted by Gasteiger charge is 2.32. The molecule has 138 valence electrons. The number of nitriles is 1. The van der Waals surface area contributed by atoms with Crippen LogP contribution in [0.5, 0.6) is 0 Å². The van der Waals surface area contributed by atoms with E-state index in [1.807, 2.05) is 36.4 Å². The zero-order valence-electron chi connectivity index (χ0n) is 14.8. The first-order valence-corrected chi connectivity index (χ1v) is 9.91. The molecule has 6 nitrogen and oxygen atoms in total. The van der Waals surface area contributed by atoms with Gasteiger partial charge in [0.1, 0.15) is 23.1 Å². The number of fused-ring (bicyclic) bond motifs is 2. The number of nitrogens with zero attached hydrogens (tertiary/aromatic N) is 3. The van der Waals surface area contributed by atoms with Crippen LogP contribution in [0.3, 0.4) is 0 Å². The molecule has 2 aromatic carbocycles. The van der Waals surface area contributed by atoms with E-state index in [-0.39, 0.29) is 11.9 Å². The average Bonchev–Trinajstić information content (AvgIpc) is 3.27. The normalized spacial score (nSPS) is 18.7. The molecule has 1 N–H and O–H groups in total. The van der Waals surface area contributed by atoms with E-state index in [4.69, 9.17) is 9.68 Å². The Kier molecular flexibility index (Phi) is 4.06. The van der Waals surface area contributed by atoms with Gasteiger partial charge in [-0.3, -0.25) is 9.20 Å². The van der Waals surface area contributed by atoms with Gasteiger partial charge in [0.25, 0.3) is 5.91 Å². The minimum Gasteiger partial charge on any atom is -0.432 e. The summed E-state index contributed by atoms with van der Waals surface area (Å²) < 4.78 is 7.11. The van der Waals surface area contributed by atoms with Crippen LogP contribution in [0, 0.1) is 10.7 Å². The van der Waals surface area contributed by atoms with E-state index in [9.17, 15) is 4.79 Å². The summed E-state index contributed by atoms with van der Waals surface area (Å²) in [7, 11) is 0. The van der Waals surface area contributed by atoms with Gasteiger partial charge in [0.2, 0.25) is 0 Å². The van der Waals surface area contributed by atoms with E-state index < -0.39 is 0 Å². The lowest BCUT2D eigenvalue weighted by atomic mass is 9.92. The Morgan fingerprint density at radius 2 is 2.07 bits per heavy atom. The molecule has 1 amide bonds. The van der Waals surface area contributed by atoms with Crippen LogP contribution in [-0.2, 0) is 0 Å². The highest BCUT2D eigenvalue weighted by atomic mass is 32.2. The molecule has 0 bridgehead atoms. The number of oxazole rings is 1. The van der Waals surface area contributed by atoms with Gasteiger partial charge in [-0.1, -0.05) is 36.4 Å². The van der Waals surface area contributed by atoms with Crippen molar-refractivity contribution in [1.82, 2.24) is 14.7 Å². The van der Waals surface area contributed by atoms with Crippen molar-refractivity contribution in [2.24, 2.45) is 0 Å². The molecule has 0 radical (unpaired) electrons. The Hall–Kier alpha value is -3.24. The molecular weight excluding hydrogens is 372 g/mol. The summed E-state index contributed by atoms with van der Waals surface area (Å²) in [6.45, 7) is 0. The SMILES string of the molecule is N#CS[C@H]1C[C@H](NC(=O)c2c(-c3ccc4ccccc4c3)nc3occn23)C1. The van der Waals surface area contributed by atoms with E-state index in [0.29, 0.717) is 22.5 Å². The van der Waals surface area contributed by atoms with Crippen molar-refractivity contribution in [3.63, 3.8) is 0 Å². The van der Waals surface area contributed by atoms with Crippen LogP contribution in [0.1, 0.15) is 23.3 Å². The first-order valence-electron chi connectivity index (χ1n) is 9.03. The predicted molar refractivity (Wildman–Crippen MR) is 108 cm³/mol. The quantitative estimate of drug-likeness (QED) is 0.529. The number of imidazole rings is 1. The van der Waals surface area contributed by atoms with Crippen LogP contribution < -0.4 is 5.32 Å². The number of amides is 1. The second kappa shape index (κ2) is 6.73. The van der Waals surface area contributed by atoms with Gasteiger partial charge in [-0.25, -0.2) is 0 Å². The van der Waals surface area contributed by atoms with Crippen LogP contribution in [-0.4, -0.2) is 26.6 Å². The second-order valence-corrected chi connectivity index (χ2v) is 7.98. The largest absolute Gasteiger partial charge is 0.432 e. The number of rotatable bonds is 4. The molecular formula is C21H16N4O2S. The van der Waals surface area contributed by atoms with E-state index in [1.165, 1.54) is 18.0 Å². The molecule has 0 unspecified atom stereocenters. The smallest absolute Gasteiger partial charge is 0.306 e. The Bertz CT molecular complexity index is 1230. The molecule has 1 aliphatic carbocycles.